The zero-order valence-electron chi connectivity index (χ0n) is 8.01. The van der Waals surface area contributed by atoms with Crippen molar-refractivity contribution in [2.45, 2.75) is 39.2 Å². The van der Waals surface area contributed by atoms with Gasteiger partial charge in [-0.2, -0.15) is 0 Å². The summed E-state index contributed by atoms with van der Waals surface area (Å²) in [6, 6.07) is 0.233. The molecular formula is C10H19NO. The SMILES string of the molecule is CC1(C)[C@@H]2CC[C@@]1(CO)[C@@H](N)C2. The van der Waals surface area contributed by atoms with Crippen molar-refractivity contribution in [3.8, 4) is 0 Å². The summed E-state index contributed by atoms with van der Waals surface area (Å²) >= 11 is 0. The zero-order valence-corrected chi connectivity index (χ0v) is 8.01. The summed E-state index contributed by atoms with van der Waals surface area (Å²) < 4.78 is 0. The Morgan fingerprint density at radius 3 is 2.42 bits per heavy atom. The third-order valence-corrected chi connectivity index (χ3v) is 4.77. The predicted molar refractivity (Wildman–Crippen MR) is 48.6 cm³/mol. The van der Waals surface area contributed by atoms with E-state index in [1.165, 1.54) is 6.42 Å². The Kier molecular flexibility index (Phi) is 1.59. The first-order chi connectivity index (χ1) is 5.54. The number of hydrogen-bond donors (Lipinski definition) is 2. The lowest BCUT2D eigenvalue weighted by atomic mass is 9.68. The Hall–Kier alpha value is -0.0800. The van der Waals surface area contributed by atoms with Crippen molar-refractivity contribution >= 4 is 0 Å². The lowest BCUT2D eigenvalue weighted by Gasteiger charge is -2.39. The van der Waals surface area contributed by atoms with E-state index in [-0.39, 0.29) is 23.5 Å². The van der Waals surface area contributed by atoms with Crippen LogP contribution in [0.25, 0.3) is 0 Å². The fourth-order valence-corrected chi connectivity index (χ4v) is 3.53. The topological polar surface area (TPSA) is 46.2 Å². The molecule has 0 amide bonds. The molecule has 2 rings (SSSR count). The first kappa shape index (κ1) is 8.52. The molecule has 0 heterocycles. The van der Waals surface area contributed by atoms with Crippen LogP contribution in [-0.2, 0) is 0 Å². The molecule has 0 aliphatic heterocycles. The highest BCUT2D eigenvalue weighted by Gasteiger charge is 2.62. The number of fused-ring (bicyclic) bond motifs is 2. The van der Waals surface area contributed by atoms with Crippen LogP contribution in [0.5, 0.6) is 0 Å². The lowest BCUT2D eigenvalue weighted by molar-refractivity contribution is 0.0344. The quantitative estimate of drug-likeness (QED) is 0.618. The van der Waals surface area contributed by atoms with Crippen LogP contribution in [0.1, 0.15) is 33.1 Å². The second kappa shape index (κ2) is 2.24. The minimum Gasteiger partial charge on any atom is -0.396 e. The van der Waals surface area contributed by atoms with Crippen LogP contribution in [0.2, 0.25) is 0 Å². The number of nitrogens with two attached hydrogens (primary N) is 1. The van der Waals surface area contributed by atoms with Crippen LogP contribution in [-0.4, -0.2) is 17.8 Å². The summed E-state index contributed by atoms with van der Waals surface area (Å²) in [6.07, 6.45) is 3.51. The molecule has 70 valence electrons. The van der Waals surface area contributed by atoms with E-state index in [2.05, 4.69) is 13.8 Å². The zero-order chi connectivity index (χ0) is 8.98. The van der Waals surface area contributed by atoms with Crippen molar-refractivity contribution in [2.75, 3.05) is 6.61 Å². The van der Waals surface area contributed by atoms with E-state index in [4.69, 9.17) is 5.73 Å². The van der Waals surface area contributed by atoms with Gasteiger partial charge in [0.05, 0.1) is 6.61 Å². The molecule has 2 bridgehead atoms. The third-order valence-electron chi connectivity index (χ3n) is 4.77. The summed E-state index contributed by atoms with van der Waals surface area (Å²) in [7, 11) is 0. The van der Waals surface area contributed by atoms with Crippen molar-refractivity contribution in [1.82, 2.24) is 0 Å². The maximum atomic E-state index is 9.47. The van der Waals surface area contributed by atoms with Gasteiger partial charge in [0.25, 0.3) is 0 Å². The fraction of sp³-hybridized carbons (Fsp3) is 1.00. The molecule has 2 saturated carbocycles. The highest BCUT2D eigenvalue weighted by atomic mass is 16.3. The summed E-state index contributed by atoms with van der Waals surface area (Å²) in [4.78, 5) is 0. The van der Waals surface area contributed by atoms with Gasteiger partial charge in [-0.05, 0) is 30.6 Å². The first-order valence-corrected chi connectivity index (χ1v) is 4.91. The van der Waals surface area contributed by atoms with Gasteiger partial charge in [0.1, 0.15) is 0 Å². The predicted octanol–water partition coefficient (Wildman–Crippen LogP) is 1.13. The van der Waals surface area contributed by atoms with E-state index in [0.29, 0.717) is 0 Å². The average molecular weight is 169 g/mol. The van der Waals surface area contributed by atoms with Crippen LogP contribution >= 0.6 is 0 Å². The van der Waals surface area contributed by atoms with Crippen molar-refractivity contribution in [2.24, 2.45) is 22.5 Å². The Morgan fingerprint density at radius 2 is 2.17 bits per heavy atom. The Balaban J connectivity index is 2.39. The summed E-state index contributed by atoms with van der Waals surface area (Å²) in [5.41, 5.74) is 6.39. The van der Waals surface area contributed by atoms with E-state index in [0.717, 1.165) is 18.8 Å². The van der Waals surface area contributed by atoms with Crippen LogP contribution in [0.15, 0.2) is 0 Å². The minimum absolute atomic E-state index is 0.0394. The van der Waals surface area contributed by atoms with Crippen molar-refractivity contribution in [1.29, 1.82) is 0 Å². The molecule has 2 heteroatoms. The van der Waals surface area contributed by atoms with E-state index in [9.17, 15) is 5.11 Å². The summed E-state index contributed by atoms with van der Waals surface area (Å²) in [5.74, 6) is 0.750. The Morgan fingerprint density at radius 1 is 1.50 bits per heavy atom. The minimum atomic E-state index is 0.0394. The van der Waals surface area contributed by atoms with E-state index >= 15 is 0 Å². The molecule has 0 aromatic heterocycles. The van der Waals surface area contributed by atoms with Crippen molar-refractivity contribution in [3.63, 3.8) is 0 Å². The third kappa shape index (κ3) is 0.686. The van der Waals surface area contributed by atoms with Gasteiger partial charge in [-0.3, -0.25) is 0 Å². The molecule has 2 fully saturated rings. The number of rotatable bonds is 1. The molecule has 0 spiro atoms. The molecule has 12 heavy (non-hydrogen) atoms. The van der Waals surface area contributed by atoms with Gasteiger partial charge < -0.3 is 10.8 Å². The van der Waals surface area contributed by atoms with E-state index < -0.39 is 0 Å². The lowest BCUT2D eigenvalue weighted by Crippen LogP contribution is -2.46. The highest BCUT2D eigenvalue weighted by Crippen LogP contribution is 2.64. The van der Waals surface area contributed by atoms with Crippen LogP contribution < -0.4 is 5.73 Å². The average Bonchev–Trinajstić information content (AvgIpc) is 2.36. The van der Waals surface area contributed by atoms with Crippen LogP contribution in [0.4, 0.5) is 0 Å². The van der Waals surface area contributed by atoms with E-state index in [1.54, 1.807) is 0 Å². The normalized spacial score (nSPS) is 50.0. The van der Waals surface area contributed by atoms with Crippen molar-refractivity contribution < 1.29 is 5.11 Å². The van der Waals surface area contributed by atoms with Gasteiger partial charge >= 0.3 is 0 Å². The second-order valence-corrected chi connectivity index (χ2v) is 5.11. The molecule has 0 aromatic rings. The molecule has 0 aromatic carbocycles. The Bertz CT molecular complexity index is 202. The summed E-state index contributed by atoms with van der Waals surface area (Å²) in [6.45, 7) is 4.82. The molecule has 2 aliphatic carbocycles. The molecule has 0 radical (unpaired) electrons. The second-order valence-electron chi connectivity index (χ2n) is 5.11. The van der Waals surface area contributed by atoms with Gasteiger partial charge in [0, 0.05) is 11.5 Å². The molecule has 0 unspecified atom stereocenters. The Labute approximate surface area is 74.1 Å². The van der Waals surface area contributed by atoms with Gasteiger partial charge in [-0.1, -0.05) is 13.8 Å². The summed E-state index contributed by atoms with van der Waals surface area (Å²) in [5, 5.41) is 9.47. The van der Waals surface area contributed by atoms with E-state index in [1.807, 2.05) is 0 Å². The molecule has 0 saturated heterocycles. The number of aliphatic hydroxyl groups is 1. The maximum Gasteiger partial charge on any atom is 0.0507 e. The van der Waals surface area contributed by atoms with Crippen LogP contribution in [0, 0.1) is 16.7 Å². The largest absolute Gasteiger partial charge is 0.396 e. The van der Waals surface area contributed by atoms with Gasteiger partial charge in [0.2, 0.25) is 0 Å². The highest BCUT2D eigenvalue weighted by molar-refractivity contribution is 5.13. The van der Waals surface area contributed by atoms with Gasteiger partial charge in [-0.15, -0.1) is 0 Å². The molecule has 2 aliphatic rings. The molecule has 2 nitrogen and oxygen atoms in total. The molecule has 3 atom stereocenters. The van der Waals surface area contributed by atoms with Crippen molar-refractivity contribution in [3.05, 3.63) is 0 Å². The molecular weight excluding hydrogens is 150 g/mol. The number of hydrogen-bond acceptors (Lipinski definition) is 2. The first-order valence-electron chi connectivity index (χ1n) is 4.91. The standard InChI is InChI=1S/C10H19NO/c1-9(2)7-3-4-10(9,6-12)8(11)5-7/h7-8,12H,3-6,11H2,1-2H3/t7-,8+,10-/m1/s1. The van der Waals surface area contributed by atoms with Gasteiger partial charge in [0.15, 0.2) is 0 Å². The number of aliphatic hydroxyl groups excluding tert-OH is 1. The molecule has 3 N–H and O–H groups in total. The maximum absolute atomic E-state index is 9.47. The monoisotopic (exact) mass is 169 g/mol. The van der Waals surface area contributed by atoms with Gasteiger partial charge in [-0.25, -0.2) is 0 Å². The fourth-order valence-electron chi connectivity index (χ4n) is 3.53. The van der Waals surface area contributed by atoms with Crippen LogP contribution in [0.3, 0.4) is 0 Å². The smallest absolute Gasteiger partial charge is 0.0507 e.